The third-order valence-corrected chi connectivity index (χ3v) is 11.9. The Labute approximate surface area is 434 Å². The van der Waals surface area contributed by atoms with Gasteiger partial charge >= 0.3 is 0 Å². The average molecular weight is 1020 g/mol. The Kier molecular flexibility index (Phi) is 15.1. The summed E-state index contributed by atoms with van der Waals surface area (Å²) in [6, 6.07) is 49.0. The van der Waals surface area contributed by atoms with E-state index in [4.69, 9.17) is 21.1 Å². The molecular weight excluding hydrogens is 972 g/mol. The van der Waals surface area contributed by atoms with Crippen molar-refractivity contribution in [3.63, 3.8) is 0 Å². The van der Waals surface area contributed by atoms with Gasteiger partial charge in [-0.15, -0.1) is 20.5 Å². The van der Waals surface area contributed by atoms with E-state index in [-0.39, 0.29) is 86.1 Å². The number of hydrogen-bond donors (Lipinski definition) is 6. The number of para-hydroxylation sites is 4. The largest absolute Gasteiger partial charge is 0.505 e. The molecule has 0 bridgehead atoms. The zero-order valence-corrected chi connectivity index (χ0v) is 40.9. The number of anilines is 4. The fourth-order valence-electron chi connectivity index (χ4n) is 8.07. The number of aromatic hydroxyl groups is 2. The summed E-state index contributed by atoms with van der Waals surface area (Å²) in [7, 11) is 0. The lowest BCUT2D eigenvalue weighted by Gasteiger charge is -2.14. The van der Waals surface area contributed by atoms with Crippen LogP contribution in [0.25, 0.3) is 21.5 Å². The summed E-state index contributed by atoms with van der Waals surface area (Å²) in [5.74, 6) is -2.89. The number of fused-ring (bicyclic) bond motifs is 2. The van der Waals surface area contributed by atoms with Crippen LogP contribution in [-0.2, 0) is 0 Å². The third-order valence-electron chi connectivity index (χ3n) is 11.6. The number of rotatable bonds is 16. The van der Waals surface area contributed by atoms with Crippen molar-refractivity contribution < 1.29 is 38.9 Å². The SMILES string of the molecule is CCOc1c(N=Nc2c(O)c(C(=O)Nc3ccc(NC(=O)c4cc5ccccc5c(N=Nc5cccc(C(=O)Nc6ccccc6)c5OCC)c4O)c(Cl)c3)cc3ccccc23)cccc1C(=O)Nc1ccccc1. The van der Waals surface area contributed by atoms with Crippen molar-refractivity contribution >= 4 is 102 Å². The Morgan fingerprint density at radius 1 is 0.440 bits per heavy atom. The molecule has 0 atom stereocenters. The summed E-state index contributed by atoms with van der Waals surface area (Å²) >= 11 is 6.72. The molecule has 9 aromatic carbocycles. The van der Waals surface area contributed by atoms with Crippen molar-refractivity contribution in [3.8, 4) is 23.0 Å². The van der Waals surface area contributed by atoms with Gasteiger partial charge in [0.15, 0.2) is 23.0 Å². The second-order valence-corrected chi connectivity index (χ2v) is 16.9. The van der Waals surface area contributed by atoms with Crippen LogP contribution in [0.15, 0.2) is 196 Å². The van der Waals surface area contributed by atoms with Gasteiger partial charge in [0.1, 0.15) is 22.7 Å². The van der Waals surface area contributed by atoms with Crippen molar-refractivity contribution in [3.05, 3.63) is 203 Å². The molecule has 0 spiro atoms. The molecule has 0 saturated carbocycles. The van der Waals surface area contributed by atoms with Crippen molar-refractivity contribution in [2.24, 2.45) is 20.5 Å². The molecule has 0 heterocycles. The summed E-state index contributed by atoms with van der Waals surface area (Å²) in [4.78, 5) is 54.7. The molecule has 0 radical (unpaired) electrons. The van der Waals surface area contributed by atoms with E-state index in [0.29, 0.717) is 32.9 Å². The van der Waals surface area contributed by atoms with Crippen LogP contribution >= 0.6 is 11.6 Å². The fourth-order valence-corrected chi connectivity index (χ4v) is 8.30. The van der Waals surface area contributed by atoms with E-state index in [1.807, 2.05) is 12.1 Å². The zero-order valence-electron chi connectivity index (χ0n) is 40.2. The number of carbonyl (C=O) groups is 4. The second-order valence-electron chi connectivity index (χ2n) is 16.5. The minimum absolute atomic E-state index is 0.00876. The highest BCUT2D eigenvalue weighted by atomic mass is 35.5. The van der Waals surface area contributed by atoms with Crippen LogP contribution < -0.4 is 30.7 Å². The van der Waals surface area contributed by atoms with Crippen LogP contribution in [0.3, 0.4) is 0 Å². The number of benzene rings is 9. The molecule has 9 rings (SSSR count). The lowest BCUT2D eigenvalue weighted by atomic mass is 10.0. The van der Waals surface area contributed by atoms with Gasteiger partial charge in [-0.05, 0) is 103 Å². The number of nitrogens with one attached hydrogen (secondary N) is 4. The second kappa shape index (κ2) is 22.7. The summed E-state index contributed by atoms with van der Waals surface area (Å²) in [6.45, 7) is 3.98. The maximum Gasteiger partial charge on any atom is 0.259 e. The number of phenolic OH excluding ortho intramolecular Hbond substituents is 2. The molecule has 0 unspecified atom stereocenters. The van der Waals surface area contributed by atoms with E-state index in [1.54, 1.807) is 147 Å². The molecule has 372 valence electrons. The smallest absolute Gasteiger partial charge is 0.259 e. The van der Waals surface area contributed by atoms with E-state index < -0.39 is 35.1 Å². The first-order valence-corrected chi connectivity index (χ1v) is 23.9. The highest BCUT2D eigenvalue weighted by Gasteiger charge is 2.24. The van der Waals surface area contributed by atoms with Crippen LogP contribution in [0.5, 0.6) is 23.0 Å². The number of carbonyl (C=O) groups excluding carboxylic acids is 4. The monoisotopic (exact) mass is 1020 g/mol. The molecule has 0 aliphatic rings. The first kappa shape index (κ1) is 50.0. The van der Waals surface area contributed by atoms with Gasteiger partial charge in [0, 0.05) is 27.8 Å². The third kappa shape index (κ3) is 11.1. The number of amides is 4. The predicted octanol–water partition coefficient (Wildman–Crippen LogP) is 14.7. The minimum Gasteiger partial charge on any atom is -0.505 e. The van der Waals surface area contributed by atoms with Crippen LogP contribution in [0.2, 0.25) is 5.02 Å². The topological polar surface area (TPSA) is 225 Å². The van der Waals surface area contributed by atoms with Crippen LogP contribution in [0.4, 0.5) is 45.5 Å². The van der Waals surface area contributed by atoms with Crippen LogP contribution in [-0.4, -0.2) is 47.1 Å². The molecule has 0 saturated heterocycles. The fraction of sp³-hybridized carbons (Fsp3) is 0.0690. The van der Waals surface area contributed by atoms with Gasteiger partial charge < -0.3 is 41.0 Å². The molecule has 0 fully saturated rings. The van der Waals surface area contributed by atoms with E-state index in [2.05, 4.69) is 41.7 Å². The van der Waals surface area contributed by atoms with Gasteiger partial charge in [-0.25, -0.2) is 0 Å². The lowest BCUT2D eigenvalue weighted by Crippen LogP contribution is -2.14. The van der Waals surface area contributed by atoms with Gasteiger partial charge in [0.05, 0.1) is 46.2 Å². The van der Waals surface area contributed by atoms with Gasteiger partial charge in [-0.3, -0.25) is 19.2 Å². The summed E-state index contributed by atoms with van der Waals surface area (Å²) in [5.41, 5.74) is 2.08. The maximum atomic E-state index is 14.0. The number of halogens is 1. The first-order chi connectivity index (χ1) is 36.5. The minimum atomic E-state index is -0.735. The van der Waals surface area contributed by atoms with Gasteiger partial charge in [0.2, 0.25) is 0 Å². The number of phenols is 2. The maximum absolute atomic E-state index is 14.0. The van der Waals surface area contributed by atoms with E-state index in [9.17, 15) is 29.4 Å². The van der Waals surface area contributed by atoms with Gasteiger partial charge in [-0.1, -0.05) is 109 Å². The highest BCUT2D eigenvalue weighted by Crippen LogP contribution is 2.44. The summed E-state index contributed by atoms with van der Waals surface area (Å²) < 4.78 is 11.8. The number of azo groups is 2. The van der Waals surface area contributed by atoms with E-state index >= 15 is 0 Å². The van der Waals surface area contributed by atoms with Crippen LogP contribution in [0, 0.1) is 0 Å². The number of hydrogen-bond acceptors (Lipinski definition) is 12. The molecule has 16 nitrogen and oxygen atoms in total. The molecule has 75 heavy (non-hydrogen) atoms. The molecule has 4 amide bonds. The van der Waals surface area contributed by atoms with E-state index in [0.717, 1.165) is 0 Å². The van der Waals surface area contributed by atoms with Crippen LogP contribution in [0.1, 0.15) is 55.3 Å². The Morgan fingerprint density at radius 2 is 0.853 bits per heavy atom. The predicted molar refractivity (Wildman–Crippen MR) is 291 cm³/mol. The van der Waals surface area contributed by atoms with Crippen molar-refractivity contribution in [1.82, 2.24) is 0 Å². The molecule has 17 heteroatoms. The molecule has 0 aromatic heterocycles. The summed E-state index contributed by atoms with van der Waals surface area (Å²) in [5, 5.41) is 54.4. The number of ether oxygens (including phenoxy) is 2. The lowest BCUT2D eigenvalue weighted by molar-refractivity contribution is 0.101. The molecule has 9 aromatic rings. The van der Waals surface area contributed by atoms with E-state index in [1.165, 1.54) is 30.3 Å². The van der Waals surface area contributed by atoms with Gasteiger partial charge in [-0.2, -0.15) is 0 Å². The molecule has 0 aliphatic heterocycles. The van der Waals surface area contributed by atoms with Crippen molar-refractivity contribution in [2.75, 3.05) is 34.5 Å². The first-order valence-electron chi connectivity index (χ1n) is 23.5. The zero-order chi connectivity index (χ0) is 52.4. The Morgan fingerprint density at radius 3 is 1.31 bits per heavy atom. The van der Waals surface area contributed by atoms with Crippen molar-refractivity contribution in [1.29, 1.82) is 0 Å². The standard InChI is InChI=1S/C58H45ClN8O8/c1-3-74-53-41(55(70)60-36-19-7-5-8-20-36)25-15-27-47(53)64-66-49-39-23-13-11-17-34(39)31-43(51(49)68)57(72)62-38-29-30-46(45(59)33-38)63-58(73)44-32-35-18-12-14-24-40(35)50(52(44)69)67-65-48-28-16-26-42(54(48)75-4-2)56(71)61-37-21-9-6-10-22-37/h5-33,68-69H,3-4H2,1-2H3,(H,60,70)(H,61,71)(H,62,72)(H,63,73). The molecular formula is C58H45ClN8O8. The quantitative estimate of drug-likeness (QED) is 0.0509. The van der Waals surface area contributed by atoms with Gasteiger partial charge in [0.25, 0.3) is 23.6 Å². The highest BCUT2D eigenvalue weighted by molar-refractivity contribution is 6.34. The summed E-state index contributed by atoms with van der Waals surface area (Å²) in [6.07, 6.45) is 0. The average Bonchev–Trinajstić information content (AvgIpc) is 3.42. The molecule has 6 N–H and O–H groups in total. The number of nitrogens with zero attached hydrogens (tertiary/aromatic N) is 4. The van der Waals surface area contributed by atoms with Crippen molar-refractivity contribution in [2.45, 2.75) is 13.8 Å². The molecule has 0 aliphatic carbocycles. The Hall–Kier alpha value is -9.93. The Balaban J connectivity index is 0.951. The Bertz CT molecular complexity index is 3720. The normalized spacial score (nSPS) is 11.2.